The van der Waals surface area contributed by atoms with Gasteiger partial charge in [-0.3, -0.25) is 15.0 Å². The lowest BCUT2D eigenvalue weighted by Crippen LogP contribution is -2.31. The number of aryl methyl sites for hydroxylation is 1. The zero-order chi connectivity index (χ0) is 28.3. The van der Waals surface area contributed by atoms with E-state index in [9.17, 15) is 22.8 Å². The van der Waals surface area contributed by atoms with Crippen LogP contribution in [0.2, 0.25) is 10.0 Å². The van der Waals surface area contributed by atoms with Gasteiger partial charge in [0.15, 0.2) is 5.78 Å². The molecule has 1 heterocycles. The van der Waals surface area contributed by atoms with E-state index in [0.717, 1.165) is 6.07 Å². The molecule has 4 aromatic rings. The van der Waals surface area contributed by atoms with E-state index in [-0.39, 0.29) is 36.6 Å². The van der Waals surface area contributed by atoms with Crippen molar-refractivity contribution in [3.63, 3.8) is 0 Å². The van der Waals surface area contributed by atoms with Crippen molar-refractivity contribution in [2.45, 2.75) is 25.9 Å². The van der Waals surface area contributed by atoms with E-state index in [4.69, 9.17) is 28.6 Å². The van der Waals surface area contributed by atoms with Crippen molar-refractivity contribution < 1.29 is 27.5 Å². The molecule has 7 nitrogen and oxygen atoms in total. The second-order valence-corrected chi connectivity index (χ2v) is 9.57. The summed E-state index contributed by atoms with van der Waals surface area (Å²) >= 11 is 12.4. The molecule has 204 valence electrons. The first-order chi connectivity index (χ1) is 18.5. The van der Waals surface area contributed by atoms with Gasteiger partial charge in [0.25, 0.3) is 5.91 Å². The number of para-hydroxylation sites is 2. The van der Waals surface area contributed by atoms with Crippen LogP contribution in [-0.4, -0.2) is 45.7 Å². The average molecular weight is 579 g/mol. The number of ether oxygens (including phenoxy) is 1. The van der Waals surface area contributed by atoms with Crippen molar-refractivity contribution >= 4 is 45.9 Å². The summed E-state index contributed by atoms with van der Waals surface area (Å²) in [7, 11) is 1.47. The van der Waals surface area contributed by atoms with E-state index in [0.29, 0.717) is 33.1 Å². The number of hydrogen-bond acceptors (Lipinski definition) is 4. The molecule has 0 fully saturated rings. The third kappa shape index (κ3) is 6.46. The maximum Gasteiger partial charge on any atom is 0.573 e. The molecule has 0 bridgehead atoms. The molecule has 0 aliphatic heterocycles. The van der Waals surface area contributed by atoms with E-state index in [1.54, 1.807) is 51.6 Å². The molecule has 0 radical (unpaired) electrons. The van der Waals surface area contributed by atoms with Gasteiger partial charge in [0, 0.05) is 30.7 Å². The van der Waals surface area contributed by atoms with Crippen molar-refractivity contribution in [1.29, 1.82) is 5.41 Å². The van der Waals surface area contributed by atoms with Crippen LogP contribution < -0.4 is 10.4 Å². The number of ketones is 1. The van der Waals surface area contributed by atoms with Crippen LogP contribution in [0.25, 0.3) is 11.0 Å². The van der Waals surface area contributed by atoms with Crippen molar-refractivity contribution in [3.05, 3.63) is 93.5 Å². The summed E-state index contributed by atoms with van der Waals surface area (Å²) < 4.78 is 45.5. The number of carbonyl (C=O) groups excluding carboxylic acids is 2. The summed E-state index contributed by atoms with van der Waals surface area (Å²) in [6, 6.07) is 16.8. The van der Waals surface area contributed by atoms with Gasteiger partial charge in [0.05, 0.1) is 28.2 Å². The van der Waals surface area contributed by atoms with Crippen molar-refractivity contribution in [2.75, 3.05) is 13.6 Å². The van der Waals surface area contributed by atoms with Gasteiger partial charge in [-0.1, -0.05) is 41.4 Å². The Bertz CT molecular complexity index is 1580. The van der Waals surface area contributed by atoms with Gasteiger partial charge in [-0.15, -0.1) is 13.2 Å². The van der Waals surface area contributed by atoms with Crippen LogP contribution >= 0.6 is 23.2 Å². The topological polar surface area (TPSA) is 80.3 Å². The summed E-state index contributed by atoms with van der Waals surface area (Å²) in [4.78, 5) is 27.1. The third-order valence-corrected chi connectivity index (χ3v) is 6.63. The molecule has 12 heteroatoms. The molecule has 0 saturated carbocycles. The van der Waals surface area contributed by atoms with E-state index < -0.39 is 18.0 Å². The highest BCUT2D eigenvalue weighted by molar-refractivity contribution is 6.35. The Morgan fingerprint density at radius 3 is 2.36 bits per heavy atom. The molecule has 0 aliphatic carbocycles. The van der Waals surface area contributed by atoms with Crippen LogP contribution in [0.1, 0.15) is 27.1 Å². The predicted octanol–water partition coefficient (Wildman–Crippen LogP) is 6.17. The fraction of sp³-hybridized carbons (Fsp3) is 0.222. The van der Waals surface area contributed by atoms with Gasteiger partial charge in [0.2, 0.25) is 5.62 Å². The molecule has 3 aromatic carbocycles. The Hall–Kier alpha value is -3.76. The molecule has 39 heavy (non-hydrogen) atoms. The fourth-order valence-corrected chi connectivity index (χ4v) is 4.63. The number of rotatable bonds is 9. The lowest BCUT2D eigenvalue weighted by atomic mass is 10.1. The van der Waals surface area contributed by atoms with Crippen molar-refractivity contribution in [2.24, 2.45) is 0 Å². The number of nitrogens with one attached hydrogen (secondary N) is 1. The standard InChI is InChI=1S/C27H23Cl2F3N4O3/c1-34(25(38)19-6-2-3-9-23(19)39-27(30,31)32)14-5-15-35-24-20(29)7-4-8-21(24)36(26(35)33)16-22(37)17-10-12-18(28)13-11-17/h2-4,6-13,33H,5,14-16H2,1H3. The first kappa shape index (κ1) is 28.3. The highest BCUT2D eigenvalue weighted by Gasteiger charge is 2.33. The monoisotopic (exact) mass is 578 g/mol. The maximum absolute atomic E-state index is 12.9. The largest absolute Gasteiger partial charge is 0.573 e. The lowest BCUT2D eigenvalue weighted by molar-refractivity contribution is -0.274. The number of Topliss-reactive ketones (excluding diaryl/α,β-unsaturated/α-hetero) is 1. The number of benzene rings is 3. The summed E-state index contributed by atoms with van der Waals surface area (Å²) in [6.45, 7) is 0.338. The van der Waals surface area contributed by atoms with E-state index in [1.165, 1.54) is 30.1 Å². The Morgan fingerprint density at radius 1 is 0.974 bits per heavy atom. The number of amides is 1. The van der Waals surface area contributed by atoms with Crippen molar-refractivity contribution in [3.8, 4) is 5.75 Å². The van der Waals surface area contributed by atoms with Crippen LogP contribution in [0, 0.1) is 5.41 Å². The lowest BCUT2D eigenvalue weighted by Gasteiger charge is -2.20. The third-order valence-electron chi connectivity index (χ3n) is 6.07. The normalized spacial score (nSPS) is 11.5. The number of imidazole rings is 1. The number of hydrogen-bond donors (Lipinski definition) is 1. The summed E-state index contributed by atoms with van der Waals surface area (Å²) in [5.74, 6) is -1.43. The molecule has 0 aliphatic rings. The number of carbonyl (C=O) groups is 2. The van der Waals surface area contributed by atoms with Gasteiger partial charge < -0.3 is 18.8 Å². The van der Waals surface area contributed by atoms with Crippen LogP contribution in [0.15, 0.2) is 66.7 Å². The highest BCUT2D eigenvalue weighted by Crippen LogP contribution is 2.27. The second-order valence-electron chi connectivity index (χ2n) is 8.72. The molecule has 4 rings (SSSR count). The number of nitrogens with zero attached hydrogens (tertiary/aromatic N) is 3. The molecule has 1 amide bonds. The first-order valence-corrected chi connectivity index (χ1v) is 12.5. The predicted molar refractivity (Wildman–Crippen MR) is 141 cm³/mol. The van der Waals surface area contributed by atoms with E-state index >= 15 is 0 Å². The zero-order valence-corrected chi connectivity index (χ0v) is 22.1. The van der Waals surface area contributed by atoms with Gasteiger partial charge in [0.1, 0.15) is 5.75 Å². The molecule has 0 atom stereocenters. The molecule has 0 saturated heterocycles. The minimum atomic E-state index is -4.93. The van der Waals surface area contributed by atoms with E-state index in [1.807, 2.05) is 0 Å². The van der Waals surface area contributed by atoms with Gasteiger partial charge in [-0.2, -0.15) is 0 Å². The van der Waals surface area contributed by atoms with E-state index in [2.05, 4.69) is 4.74 Å². The first-order valence-electron chi connectivity index (χ1n) is 11.8. The highest BCUT2D eigenvalue weighted by atomic mass is 35.5. The molecule has 0 unspecified atom stereocenters. The summed E-state index contributed by atoms with van der Waals surface area (Å²) in [6.07, 6.45) is -4.57. The van der Waals surface area contributed by atoms with Crippen LogP contribution in [0.4, 0.5) is 13.2 Å². The number of fused-ring (bicyclic) bond motifs is 1. The Morgan fingerprint density at radius 2 is 1.67 bits per heavy atom. The number of aromatic nitrogens is 2. The van der Waals surface area contributed by atoms with Crippen molar-refractivity contribution in [1.82, 2.24) is 14.0 Å². The smallest absolute Gasteiger partial charge is 0.405 e. The Balaban J connectivity index is 1.53. The quantitative estimate of drug-likeness (QED) is 0.241. The number of alkyl halides is 3. The molecular weight excluding hydrogens is 556 g/mol. The van der Waals surface area contributed by atoms with Gasteiger partial charge >= 0.3 is 6.36 Å². The average Bonchev–Trinajstić information content (AvgIpc) is 3.15. The van der Waals surface area contributed by atoms with Gasteiger partial charge in [-0.05, 0) is 55.0 Å². The van der Waals surface area contributed by atoms with Crippen LogP contribution in [-0.2, 0) is 13.1 Å². The second kappa shape index (κ2) is 11.5. The van der Waals surface area contributed by atoms with Crippen LogP contribution in [0.3, 0.4) is 0 Å². The maximum atomic E-state index is 12.9. The molecule has 1 aromatic heterocycles. The SMILES string of the molecule is CN(CCCn1c(=N)n(CC(=O)c2ccc(Cl)cc2)c2cccc(Cl)c21)C(=O)c1ccccc1OC(F)(F)F. The molecular formula is C27H23Cl2F3N4O3. The molecule has 1 N–H and O–H groups in total. The Kier molecular flexibility index (Phi) is 8.36. The zero-order valence-electron chi connectivity index (χ0n) is 20.6. The van der Waals surface area contributed by atoms with Crippen LogP contribution in [0.5, 0.6) is 5.75 Å². The summed E-state index contributed by atoms with van der Waals surface area (Å²) in [5, 5.41) is 9.66. The minimum Gasteiger partial charge on any atom is -0.405 e. The summed E-state index contributed by atoms with van der Waals surface area (Å²) in [5.41, 5.74) is 1.43. The number of halogens is 5. The van der Waals surface area contributed by atoms with Gasteiger partial charge in [-0.25, -0.2) is 0 Å². The minimum absolute atomic E-state index is 0.0401. The molecule has 0 spiro atoms. The fourth-order valence-electron chi connectivity index (χ4n) is 4.23. The Labute approximate surface area is 231 Å².